The van der Waals surface area contributed by atoms with Gasteiger partial charge in [0.2, 0.25) is 0 Å². The number of morpholine rings is 1. The fraction of sp³-hybridized carbons (Fsp3) is 0.207. The van der Waals surface area contributed by atoms with E-state index in [0.29, 0.717) is 18.7 Å². The van der Waals surface area contributed by atoms with Crippen LogP contribution >= 0.6 is 0 Å². The Morgan fingerprint density at radius 3 is 1.80 bits per heavy atom. The standard InChI is InChI=1S/C29H28N3O3/c1-21-18-30-28(34)32(27(21)33)26-20-31(19-22(2)35-26)29(23-12-6-3-7-13-23,24-14-8-4-9-15-24)25-16-10-5-11-17-25/h3-18,22,26H,2,19-20H2,1H3,(H,30,34)/t22-,26+/m0/s1. The monoisotopic (exact) mass is 466 g/mol. The molecule has 1 aliphatic heterocycles. The molecule has 0 bridgehead atoms. The van der Waals surface area contributed by atoms with Crippen LogP contribution in [0.3, 0.4) is 0 Å². The van der Waals surface area contributed by atoms with Gasteiger partial charge in [0.1, 0.15) is 0 Å². The summed E-state index contributed by atoms with van der Waals surface area (Å²) in [6.45, 7) is 6.71. The summed E-state index contributed by atoms with van der Waals surface area (Å²) in [5.41, 5.74) is 2.14. The van der Waals surface area contributed by atoms with Crippen molar-refractivity contribution in [3.05, 3.63) is 147 Å². The van der Waals surface area contributed by atoms with E-state index in [1.165, 1.54) is 10.8 Å². The topological polar surface area (TPSA) is 67.3 Å². The molecule has 6 nitrogen and oxygen atoms in total. The highest BCUT2D eigenvalue weighted by Gasteiger charge is 2.46. The van der Waals surface area contributed by atoms with E-state index >= 15 is 0 Å². The molecule has 2 heterocycles. The first-order valence-electron chi connectivity index (χ1n) is 11.7. The second kappa shape index (κ2) is 9.49. The van der Waals surface area contributed by atoms with Crippen molar-refractivity contribution in [1.29, 1.82) is 0 Å². The molecule has 177 valence electrons. The van der Waals surface area contributed by atoms with Crippen LogP contribution in [0.25, 0.3) is 0 Å². The van der Waals surface area contributed by atoms with E-state index in [-0.39, 0.29) is 5.56 Å². The van der Waals surface area contributed by atoms with Crippen molar-refractivity contribution < 1.29 is 4.74 Å². The number of hydrogen-bond acceptors (Lipinski definition) is 4. The van der Waals surface area contributed by atoms with Crippen LogP contribution in [0.1, 0.15) is 28.5 Å². The molecule has 1 saturated heterocycles. The Hall–Kier alpha value is -3.74. The lowest BCUT2D eigenvalue weighted by Crippen LogP contribution is -2.58. The number of aromatic amines is 1. The van der Waals surface area contributed by atoms with Crippen LogP contribution in [-0.4, -0.2) is 33.6 Å². The van der Waals surface area contributed by atoms with Gasteiger partial charge in [-0.15, -0.1) is 0 Å². The lowest BCUT2D eigenvalue weighted by molar-refractivity contribution is -0.123. The number of benzene rings is 3. The van der Waals surface area contributed by atoms with Crippen molar-refractivity contribution in [2.24, 2.45) is 0 Å². The van der Waals surface area contributed by atoms with Gasteiger partial charge in [-0.2, -0.15) is 0 Å². The third-order valence-electron chi connectivity index (χ3n) is 6.67. The molecule has 1 aromatic heterocycles. The average molecular weight is 467 g/mol. The van der Waals surface area contributed by atoms with Crippen LogP contribution < -0.4 is 11.2 Å². The van der Waals surface area contributed by atoms with Crippen LogP contribution in [0.4, 0.5) is 0 Å². The Bertz CT molecular complexity index is 1300. The predicted octanol–water partition coefficient (Wildman–Crippen LogP) is 3.87. The smallest absolute Gasteiger partial charge is 0.330 e. The van der Waals surface area contributed by atoms with Gasteiger partial charge < -0.3 is 9.72 Å². The van der Waals surface area contributed by atoms with E-state index in [1.54, 1.807) is 6.92 Å². The number of hydrogen-bond donors (Lipinski definition) is 1. The fourth-order valence-electron chi connectivity index (χ4n) is 5.16. The van der Waals surface area contributed by atoms with E-state index in [4.69, 9.17) is 4.74 Å². The van der Waals surface area contributed by atoms with Gasteiger partial charge in [0, 0.05) is 24.8 Å². The summed E-state index contributed by atoms with van der Waals surface area (Å²) < 4.78 is 7.28. The number of rotatable bonds is 5. The Kier molecular flexibility index (Phi) is 6.24. The van der Waals surface area contributed by atoms with Crippen LogP contribution in [-0.2, 0) is 10.3 Å². The third kappa shape index (κ3) is 4.05. The zero-order valence-electron chi connectivity index (χ0n) is 19.6. The maximum absolute atomic E-state index is 13.0. The number of aryl methyl sites for hydroxylation is 1. The minimum absolute atomic E-state index is 0.317. The van der Waals surface area contributed by atoms with Crippen molar-refractivity contribution in [3.8, 4) is 0 Å². The summed E-state index contributed by atoms with van der Waals surface area (Å²) >= 11 is 0. The van der Waals surface area contributed by atoms with Gasteiger partial charge in [-0.3, -0.25) is 9.69 Å². The van der Waals surface area contributed by atoms with Crippen LogP contribution in [0.15, 0.2) is 107 Å². The molecule has 0 saturated carbocycles. The summed E-state index contributed by atoms with van der Waals surface area (Å²) in [5, 5.41) is 0. The van der Waals surface area contributed by atoms with Gasteiger partial charge in [0.25, 0.3) is 5.56 Å². The second-order valence-corrected chi connectivity index (χ2v) is 8.88. The van der Waals surface area contributed by atoms with Crippen LogP contribution in [0, 0.1) is 13.8 Å². The average Bonchev–Trinajstić information content (AvgIpc) is 2.89. The molecule has 0 aliphatic carbocycles. The quantitative estimate of drug-likeness (QED) is 0.454. The molecule has 0 unspecified atom stereocenters. The van der Waals surface area contributed by atoms with Gasteiger partial charge in [-0.25, -0.2) is 9.36 Å². The van der Waals surface area contributed by atoms with Gasteiger partial charge in [0.05, 0.1) is 11.6 Å². The van der Waals surface area contributed by atoms with Gasteiger partial charge >= 0.3 is 5.69 Å². The summed E-state index contributed by atoms with van der Waals surface area (Å²) in [5.74, 6) is 0. The molecule has 0 amide bonds. The van der Waals surface area contributed by atoms with Crippen LogP contribution in [0.2, 0.25) is 0 Å². The molecule has 35 heavy (non-hydrogen) atoms. The maximum Gasteiger partial charge on any atom is 0.330 e. The minimum Gasteiger partial charge on any atom is -0.352 e. The largest absolute Gasteiger partial charge is 0.352 e. The summed E-state index contributed by atoms with van der Waals surface area (Å²) in [7, 11) is 0. The number of nitrogens with one attached hydrogen (secondary N) is 1. The second-order valence-electron chi connectivity index (χ2n) is 8.88. The van der Waals surface area contributed by atoms with Crippen molar-refractivity contribution in [2.75, 3.05) is 13.1 Å². The molecule has 1 aliphatic rings. The third-order valence-corrected chi connectivity index (χ3v) is 6.67. The number of H-pyrrole nitrogens is 1. The van der Waals surface area contributed by atoms with Gasteiger partial charge in [0.15, 0.2) is 6.23 Å². The Morgan fingerprint density at radius 2 is 1.31 bits per heavy atom. The zero-order valence-corrected chi connectivity index (χ0v) is 19.6. The highest BCUT2D eigenvalue weighted by Crippen LogP contribution is 2.44. The zero-order chi connectivity index (χ0) is 24.4. The Balaban J connectivity index is 1.75. The molecule has 1 radical (unpaired) electrons. The molecule has 4 aromatic rings. The summed E-state index contributed by atoms with van der Waals surface area (Å²) in [4.78, 5) is 30.7. The number of ether oxygens (including phenoxy) is 1. The molecule has 1 fully saturated rings. The first-order valence-corrected chi connectivity index (χ1v) is 11.7. The number of nitrogens with zero attached hydrogens (tertiary/aromatic N) is 2. The Labute approximate surface area is 204 Å². The Morgan fingerprint density at radius 1 is 0.829 bits per heavy atom. The molecule has 5 rings (SSSR count). The number of aromatic nitrogens is 2. The molecule has 3 aromatic carbocycles. The maximum atomic E-state index is 13.0. The predicted molar refractivity (Wildman–Crippen MR) is 136 cm³/mol. The van der Waals surface area contributed by atoms with Crippen molar-refractivity contribution in [2.45, 2.75) is 24.8 Å². The minimum atomic E-state index is -0.794. The molecular weight excluding hydrogens is 438 g/mol. The molecule has 1 N–H and O–H groups in total. The van der Waals surface area contributed by atoms with E-state index < -0.39 is 23.6 Å². The molecule has 2 atom stereocenters. The van der Waals surface area contributed by atoms with Crippen molar-refractivity contribution >= 4 is 0 Å². The SMILES string of the molecule is [CH2][C@H]1CN(C(c2ccccc2)(c2ccccc2)c2ccccc2)C[C@H](n2c(=O)[nH]cc(C)c2=O)O1. The first-order chi connectivity index (χ1) is 17.0. The lowest BCUT2D eigenvalue weighted by atomic mass is 9.75. The fourth-order valence-corrected chi connectivity index (χ4v) is 5.16. The van der Waals surface area contributed by atoms with E-state index in [9.17, 15) is 9.59 Å². The highest BCUT2D eigenvalue weighted by molar-refractivity contribution is 5.49. The van der Waals surface area contributed by atoms with Crippen LogP contribution in [0.5, 0.6) is 0 Å². The molecule has 6 heteroatoms. The highest BCUT2D eigenvalue weighted by atomic mass is 16.5. The van der Waals surface area contributed by atoms with Gasteiger partial charge in [-0.1, -0.05) is 91.0 Å². The molecule has 0 spiro atoms. The van der Waals surface area contributed by atoms with E-state index in [2.05, 4.69) is 53.2 Å². The summed E-state index contributed by atoms with van der Waals surface area (Å²) in [6.07, 6.45) is 0.181. The normalized spacial score (nSPS) is 18.9. The summed E-state index contributed by atoms with van der Waals surface area (Å²) in [6, 6.07) is 30.9. The lowest BCUT2D eigenvalue weighted by Gasteiger charge is -2.50. The van der Waals surface area contributed by atoms with E-state index in [0.717, 1.165) is 16.7 Å². The van der Waals surface area contributed by atoms with Crippen molar-refractivity contribution in [1.82, 2.24) is 14.5 Å². The van der Waals surface area contributed by atoms with Crippen molar-refractivity contribution in [3.63, 3.8) is 0 Å². The van der Waals surface area contributed by atoms with E-state index in [1.807, 2.05) is 54.6 Å². The molecular formula is C29H28N3O3. The first kappa shape index (κ1) is 23.0. The van der Waals surface area contributed by atoms with Gasteiger partial charge in [-0.05, 0) is 30.5 Å².